The Balaban J connectivity index is 1.54. The van der Waals surface area contributed by atoms with E-state index in [0.29, 0.717) is 28.2 Å². The van der Waals surface area contributed by atoms with Crippen molar-refractivity contribution in [2.24, 2.45) is 0 Å². The van der Waals surface area contributed by atoms with Crippen LogP contribution in [0.15, 0.2) is 46.9 Å². The van der Waals surface area contributed by atoms with Gasteiger partial charge in [-0.3, -0.25) is 4.79 Å². The fourth-order valence-corrected chi connectivity index (χ4v) is 2.58. The molecule has 27 heavy (non-hydrogen) atoms. The minimum Gasteiger partial charge on any atom is -0.484 e. The second-order valence-corrected chi connectivity index (χ2v) is 6.48. The first-order chi connectivity index (χ1) is 13.0. The molecule has 3 rings (SSSR count). The van der Waals surface area contributed by atoms with Crippen LogP contribution in [-0.4, -0.2) is 22.7 Å². The van der Waals surface area contributed by atoms with Gasteiger partial charge in [-0.15, -0.1) is 10.2 Å². The van der Waals surface area contributed by atoms with Crippen LogP contribution < -0.4 is 10.1 Å². The van der Waals surface area contributed by atoms with E-state index in [1.165, 1.54) is 0 Å². The van der Waals surface area contributed by atoms with Gasteiger partial charge in [-0.2, -0.15) is 0 Å². The second kappa shape index (κ2) is 8.68. The summed E-state index contributed by atoms with van der Waals surface area (Å²) in [5, 5.41) is 11.4. The molecule has 0 saturated heterocycles. The molecule has 1 heterocycles. The van der Waals surface area contributed by atoms with Crippen molar-refractivity contribution in [3.63, 3.8) is 0 Å². The average molecular weight is 386 g/mol. The highest BCUT2D eigenvalue weighted by molar-refractivity contribution is 6.31. The van der Waals surface area contributed by atoms with Crippen LogP contribution in [0.5, 0.6) is 5.75 Å². The number of hydrogen-bond donors (Lipinski definition) is 1. The van der Waals surface area contributed by atoms with Crippen LogP contribution in [-0.2, 0) is 11.2 Å². The molecule has 0 unspecified atom stereocenters. The van der Waals surface area contributed by atoms with Gasteiger partial charge in [0.25, 0.3) is 5.91 Å². The summed E-state index contributed by atoms with van der Waals surface area (Å²) >= 11 is 6.05. The predicted molar refractivity (Wildman–Crippen MR) is 104 cm³/mol. The molecule has 0 aliphatic heterocycles. The standard InChI is InChI=1S/C20H20ClN3O3/c1-3-4-19-23-24-20(27-19)14-6-9-16(10-7-14)26-12-18(25)22-15-8-5-13(2)17(21)11-15/h5-11H,3-4,12H2,1-2H3,(H,22,25). The molecule has 0 atom stereocenters. The van der Waals surface area contributed by atoms with Crippen LogP contribution >= 0.6 is 11.6 Å². The average Bonchev–Trinajstić information content (AvgIpc) is 3.12. The Bertz CT molecular complexity index is 922. The van der Waals surface area contributed by atoms with Gasteiger partial charge in [-0.05, 0) is 55.3 Å². The molecule has 140 valence electrons. The molecule has 0 aliphatic carbocycles. The smallest absolute Gasteiger partial charge is 0.262 e. The molecule has 0 radical (unpaired) electrons. The molecule has 0 fully saturated rings. The number of nitrogens with zero attached hydrogens (tertiary/aromatic N) is 2. The van der Waals surface area contributed by atoms with Gasteiger partial charge in [0, 0.05) is 22.7 Å². The Morgan fingerprint density at radius 3 is 2.67 bits per heavy atom. The number of benzene rings is 2. The number of carbonyl (C=O) groups is 1. The third-order valence-electron chi connectivity index (χ3n) is 3.86. The largest absolute Gasteiger partial charge is 0.484 e. The number of ether oxygens (including phenoxy) is 1. The number of aryl methyl sites for hydroxylation is 2. The SMILES string of the molecule is CCCc1nnc(-c2ccc(OCC(=O)Nc3ccc(C)c(Cl)c3)cc2)o1. The molecule has 1 N–H and O–H groups in total. The first kappa shape index (κ1) is 18.9. The van der Waals surface area contributed by atoms with E-state index in [2.05, 4.69) is 22.4 Å². The minimum atomic E-state index is -0.264. The number of hydrogen-bond acceptors (Lipinski definition) is 5. The number of nitrogens with one attached hydrogen (secondary N) is 1. The number of carbonyl (C=O) groups excluding carboxylic acids is 1. The van der Waals surface area contributed by atoms with Crippen molar-refractivity contribution >= 4 is 23.2 Å². The predicted octanol–water partition coefficient (Wildman–Crippen LogP) is 4.67. The van der Waals surface area contributed by atoms with Gasteiger partial charge in [-0.25, -0.2) is 0 Å². The highest BCUT2D eigenvalue weighted by atomic mass is 35.5. The summed E-state index contributed by atoms with van der Waals surface area (Å²) in [6, 6.07) is 12.5. The Kier molecular flexibility index (Phi) is 6.08. The van der Waals surface area contributed by atoms with Gasteiger partial charge < -0.3 is 14.5 Å². The molecule has 2 aromatic carbocycles. The van der Waals surface area contributed by atoms with E-state index < -0.39 is 0 Å². The Hall–Kier alpha value is -2.86. The number of rotatable bonds is 7. The lowest BCUT2D eigenvalue weighted by Crippen LogP contribution is -2.20. The van der Waals surface area contributed by atoms with Crippen LogP contribution in [0.1, 0.15) is 24.8 Å². The van der Waals surface area contributed by atoms with Gasteiger partial charge >= 0.3 is 0 Å². The zero-order valence-corrected chi connectivity index (χ0v) is 15.9. The third-order valence-corrected chi connectivity index (χ3v) is 4.26. The second-order valence-electron chi connectivity index (χ2n) is 6.08. The molecule has 0 saturated carbocycles. The molecule has 0 bridgehead atoms. The summed E-state index contributed by atoms with van der Waals surface area (Å²) in [5.74, 6) is 1.41. The van der Waals surface area contributed by atoms with Crippen molar-refractivity contribution in [1.82, 2.24) is 10.2 Å². The summed E-state index contributed by atoms with van der Waals surface area (Å²) in [5.41, 5.74) is 2.39. The lowest BCUT2D eigenvalue weighted by molar-refractivity contribution is -0.118. The summed E-state index contributed by atoms with van der Waals surface area (Å²) in [4.78, 5) is 12.0. The Morgan fingerprint density at radius 1 is 1.19 bits per heavy atom. The molecular weight excluding hydrogens is 366 g/mol. The van der Waals surface area contributed by atoms with Crippen molar-refractivity contribution in [2.75, 3.05) is 11.9 Å². The third kappa shape index (κ3) is 5.08. The first-order valence-electron chi connectivity index (χ1n) is 8.66. The normalized spacial score (nSPS) is 10.6. The van der Waals surface area contributed by atoms with Gasteiger partial charge in [0.2, 0.25) is 11.8 Å². The van der Waals surface area contributed by atoms with E-state index in [1.54, 1.807) is 24.3 Å². The van der Waals surface area contributed by atoms with Crippen molar-refractivity contribution in [3.8, 4) is 17.2 Å². The molecule has 6 nitrogen and oxygen atoms in total. The van der Waals surface area contributed by atoms with Crippen LogP contribution in [0.3, 0.4) is 0 Å². The lowest BCUT2D eigenvalue weighted by Gasteiger charge is -2.09. The summed E-state index contributed by atoms with van der Waals surface area (Å²) in [7, 11) is 0. The number of aromatic nitrogens is 2. The molecule has 7 heteroatoms. The summed E-state index contributed by atoms with van der Waals surface area (Å²) < 4.78 is 11.1. The molecular formula is C20H20ClN3O3. The highest BCUT2D eigenvalue weighted by Gasteiger charge is 2.09. The van der Waals surface area contributed by atoms with E-state index in [-0.39, 0.29) is 12.5 Å². The highest BCUT2D eigenvalue weighted by Crippen LogP contribution is 2.22. The topological polar surface area (TPSA) is 77.2 Å². The van der Waals surface area contributed by atoms with E-state index in [4.69, 9.17) is 20.8 Å². The van der Waals surface area contributed by atoms with E-state index in [1.807, 2.05) is 25.1 Å². The van der Waals surface area contributed by atoms with E-state index in [9.17, 15) is 4.79 Å². The van der Waals surface area contributed by atoms with Gasteiger partial charge in [0.1, 0.15) is 5.75 Å². The van der Waals surface area contributed by atoms with Crippen LogP contribution in [0, 0.1) is 6.92 Å². The van der Waals surface area contributed by atoms with Crippen molar-refractivity contribution in [3.05, 3.63) is 58.9 Å². The number of anilines is 1. The zero-order valence-electron chi connectivity index (χ0n) is 15.2. The molecule has 3 aromatic rings. The maximum absolute atomic E-state index is 12.0. The van der Waals surface area contributed by atoms with Gasteiger partial charge in [0.15, 0.2) is 6.61 Å². The Morgan fingerprint density at radius 2 is 1.96 bits per heavy atom. The van der Waals surface area contributed by atoms with Crippen molar-refractivity contribution in [2.45, 2.75) is 26.7 Å². The quantitative estimate of drug-likeness (QED) is 0.639. The van der Waals surface area contributed by atoms with Crippen molar-refractivity contribution in [1.29, 1.82) is 0 Å². The number of halogens is 1. The van der Waals surface area contributed by atoms with E-state index in [0.717, 1.165) is 24.0 Å². The molecule has 0 aliphatic rings. The number of amides is 1. The minimum absolute atomic E-state index is 0.105. The molecule has 0 spiro atoms. The monoisotopic (exact) mass is 385 g/mol. The zero-order chi connectivity index (χ0) is 19.2. The molecule has 1 aromatic heterocycles. The van der Waals surface area contributed by atoms with E-state index >= 15 is 0 Å². The van der Waals surface area contributed by atoms with Crippen molar-refractivity contribution < 1.29 is 13.9 Å². The Labute approximate surface area is 162 Å². The first-order valence-corrected chi connectivity index (χ1v) is 9.04. The summed E-state index contributed by atoms with van der Waals surface area (Å²) in [6.45, 7) is 3.85. The summed E-state index contributed by atoms with van der Waals surface area (Å²) in [6.07, 6.45) is 1.71. The lowest BCUT2D eigenvalue weighted by atomic mass is 10.2. The fourth-order valence-electron chi connectivity index (χ4n) is 2.40. The van der Waals surface area contributed by atoms with Gasteiger partial charge in [0.05, 0.1) is 0 Å². The maximum atomic E-state index is 12.0. The van der Waals surface area contributed by atoms with Crippen LogP contribution in [0.4, 0.5) is 5.69 Å². The fraction of sp³-hybridized carbons (Fsp3) is 0.250. The maximum Gasteiger partial charge on any atom is 0.262 e. The molecule has 1 amide bonds. The van der Waals surface area contributed by atoms with Crippen LogP contribution in [0.2, 0.25) is 5.02 Å². The van der Waals surface area contributed by atoms with Crippen LogP contribution in [0.25, 0.3) is 11.5 Å². The van der Waals surface area contributed by atoms with Gasteiger partial charge in [-0.1, -0.05) is 24.6 Å².